The van der Waals surface area contributed by atoms with Crippen LogP contribution in [-0.4, -0.2) is 38.6 Å². The van der Waals surface area contributed by atoms with Crippen LogP contribution in [0.4, 0.5) is 28.9 Å². The molecule has 0 bridgehead atoms. The van der Waals surface area contributed by atoms with Crippen LogP contribution in [0.2, 0.25) is 0 Å². The van der Waals surface area contributed by atoms with E-state index in [1.165, 1.54) is 12.1 Å². The number of fused-ring (bicyclic) bond motifs is 1. The molecule has 3 rings (SSSR count). The first-order valence-corrected chi connectivity index (χ1v) is 8.98. The molecule has 0 atom stereocenters. The second-order valence-corrected chi connectivity index (χ2v) is 6.80. The Morgan fingerprint density at radius 1 is 1.34 bits per heavy atom. The fourth-order valence-electron chi connectivity index (χ4n) is 2.41. The zero-order chi connectivity index (χ0) is 21.2. The smallest absolute Gasteiger partial charge is 0.394 e. The number of hydroxylamine groups is 1. The minimum Gasteiger partial charge on any atom is -0.394 e. The van der Waals surface area contributed by atoms with E-state index in [1.807, 2.05) is 28.1 Å². The van der Waals surface area contributed by atoms with Crippen LogP contribution in [0.3, 0.4) is 0 Å². The largest absolute Gasteiger partial charge is 0.450 e. The number of nitrogens with zero attached hydrogens (tertiary/aromatic N) is 3. The van der Waals surface area contributed by atoms with Crippen molar-refractivity contribution in [2.75, 3.05) is 18.5 Å². The highest BCUT2D eigenvalue weighted by molar-refractivity contribution is 14.1. The molecule has 8 nitrogen and oxygen atoms in total. The summed E-state index contributed by atoms with van der Waals surface area (Å²) in [6.45, 7) is -0.719. The summed E-state index contributed by atoms with van der Waals surface area (Å²) in [6.07, 6.45) is -2.94. The lowest BCUT2D eigenvalue weighted by Gasteiger charge is -2.17. The number of carbonyl (C=O) groups excluding carboxylic acids is 1. The van der Waals surface area contributed by atoms with Gasteiger partial charge in [-0.1, -0.05) is 0 Å². The van der Waals surface area contributed by atoms with Crippen LogP contribution in [0.15, 0.2) is 30.7 Å². The van der Waals surface area contributed by atoms with Gasteiger partial charge in [0.25, 0.3) is 5.91 Å². The number of aliphatic hydroxyl groups is 1. The lowest BCUT2D eigenvalue weighted by Crippen LogP contribution is -2.29. The Morgan fingerprint density at radius 2 is 2.10 bits per heavy atom. The highest BCUT2D eigenvalue weighted by atomic mass is 127. The molecule has 1 aromatic carbocycles. The van der Waals surface area contributed by atoms with E-state index in [9.17, 15) is 22.4 Å². The fraction of sp³-hybridized carbons (Fsp3) is 0.188. The van der Waals surface area contributed by atoms with Crippen molar-refractivity contribution in [3.05, 3.63) is 51.6 Å². The van der Waals surface area contributed by atoms with E-state index >= 15 is 0 Å². The van der Waals surface area contributed by atoms with Gasteiger partial charge in [-0.3, -0.25) is 14.0 Å². The molecule has 0 saturated carbocycles. The van der Waals surface area contributed by atoms with Crippen LogP contribution >= 0.6 is 22.6 Å². The predicted octanol–water partition coefficient (Wildman–Crippen LogP) is 2.89. The highest BCUT2D eigenvalue weighted by Gasteiger charge is 2.38. The third-order valence-electron chi connectivity index (χ3n) is 3.59. The van der Waals surface area contributed by atoms with Crippen molar-refractivity contribution in [3.63, 3.8) is 0 Å². The summed E-state index contributed by atoms with van der Waals surface area (Å²) in [4.78, 5) is 24.2. The van der Waals surface area contributed by atoms with Crippen molar-refractivity contribution in [3.8, 4) is 0 Å². The van der Waals surface area contributed by atoms with E-state index < -0.39 is 36.0 Å². The maximum atomic E-state index is 14.3. The van der Waals surface area contributed by atoms with Crippen molar-refractivity contribution in [1.82, 2.24) is 19.8 Å². The first kappa shape index (κ1) is 21.2. The van der Waals surface area contributed by atoms with Gasteiger partial charge < -0.3 is 10.4 Å². The molecule has 29 heavy (non-hydrogen) atoms. The second kappa shape index (κ2) is 8.46. The number of alkyl halides is 3. The van der Waals surface area contributed by atoms with E-state index in [0.717, 1.165) is 12.5 Å². The molecule has 0 fully saturated rings. The van der Waals surface area contributed by atoms with Gasteiger partial charge in [-0.25, -0.2) is 19.8 Å². The summed E-state index contributed by atoms with van der Waals surface area (Å²) < 4.78 is 55.8. The number of imidazole rings is 1. The van der Waals surface area contributed by atoms with Crippen LogP contribution in [-0.2, 0) is 11.0 Å². The first-order chi connectivity index (χ1) is 13.7. The molecule has 2 heterocycles. The molecule has 0 unspecified atom stereocenters. The van der Waals surface area contributed by atoms with Gasteiger partial charge in [-0.15, -0.1) is 0 Å². The van der Waals surface area contributed by atoms with Crippen LogP contribution in [0.5, 0.6) is 0 Å². The zero-order valence-corrected chi connectivity index (χ0v) is 16.5. The number of nitrogens with one attached hydrogen (secondary N) is 2. The Morgan fingerprint density at radius 3 is 2.76 bits per heavy atom. The normalized spacial score (nSPS) is 11.7. The monoisotopic (exact) mass is 525 g/mol. The maximum Gasteiger partial charge on any atom is 0.450 e. The van der Waals surface area contributed by atoms with E-state index in [1.54, 1.807) is 6.07 Å². The Balaban J connectivity index is 2.16. The van der Waals surface area contributed by atoms with Crippen molar-refractivity contribution in [1.29, 1.82) is 0 Å². The molecular formula is C16H12F4IN5O3. The Kier molecular flexibility index (Phi) is 6.18. The number of halogens is 5. The number of benzene rings is 1. The van der Waals surface area contributed by atoms with Crippen LogP contribution < -0.4 is 10.8 Å². The number of aliphatic hydroxyl groups excluding tert-OH is 1. The summed E-state index contributed by atoms with van der Waals surface area (Å²) in [6, 6.07) is 4.14. The molecule has 0 aliphatic carbocycles. The molecule has 154 valence electrons. The minimum atomic E-state index is -4.90. The van der Waals surface area contributed by atoms with Crippen molar-refractivity contribution >= 4 is 45.4 Å². The Hall–Kier alpha value is -2.52. The quantitative estimate of drug-likeness (QED) is 0.198. The van der Waals surface area contributed by atoms with Gasteiger partial charge in [0.15, 0.2) is 5.69 Å². The number of amides is 1. The lowest BCUT2D eigenvalue weighted by atomic mass is 10.2. The van der Waals surface area contributed by atoms with E-state index in [0.29, 0.717) is 7.97 Å². The van der Waals surface area contributed by atoms with E-state index in [-0.39, 0.29) is 23.5 Å². The van der Waals surface area contributed by atoms with Gasteiger partial charge in [0.05, 0.1) is 36.3 Å². The average Bonchev–Trinajstić information content (AvgIpc) is 3.12. The molecule has 1 amide bonds. The standard InChI is InChI=1S/C16H12F4IN5O3/c17-9-5-8(21)1-2-10(9)23-12-11-6-22-7-26(11)15(16(18,19)20)24-13(12)14(28)25-29-4-3-27/h1-2,5-7,23,27H,3-4H2,(H,25,28). The van der Waals surface area contributed by atoms with Gasteiger partial charge in [0.1, 0.15) is 12.1 Å². The average molecular weight is 525 g/mol. The third kappa shape index (κ3) is 4.56. The molecular weight excluding hydrogens is 513 g/mol. The number of anilines is 2. The predicted molar refractivity (Wildman–Crippen MR) is 101 cm³/mol. The number of carbonyl (C=O) groups is 1. The molecule has 0 aliphatic heterocycles. The summed E-state index contributed by atoms with van der Waals surface area (Å²) in [5.41, 5.74) is 0.753. The first-order valence-electron chi connectivity index (χ1n) is 7.90. The number of rotatable bonds is 6. The molecule has 0 saturated heterocycles. The number of hydrogen-bond acceptors (Lipinski definition) is 6. The highest BCUT2D eigenvalue weighted by Crippen LogP contribution is 2.34. The fourth-order valence-corrected chi connectivity index (χ4v) is 2.86. The third-order valence-corrected chi connectivity index (χ3v) is 4.27. The summed E-state index contributed by atoms with van der Waals surface area (Å²) in [5.74, 6) is -3.20. The summed E-state index contributed by atoms with van der Waals surface area (Å²) >= 11 is 1.90. The molecule has 13 heteroatoms. The van der Waals surface area contributed by atoms with E-state index in [2.05, 4.69) is 20.1 Å². The molecule has 3 aromatic rings. The van der Waals surface area contributed by atoms with Crippen molar-refractivity contribution in [2.24, 2.45) is 0 Å². The molecule has 2 aromatic heterocycles. The van der Waals surface area contributed by atoms with Gasteiger partial charge in [-0.05, 0) is 40.8 Å². The van der Waals surface area contributed by atoms with Gasteiger partial charge in [0, 0.05) is 3.57 Å². The van der Waals surface area contributed by atoms with Gasteiger partial charge >= 0.3 is 6.18 Å². The SMILES string of the molecule is O=C(NOCCO)c1nc(C(F)(F)F)n2cncc2c1Nc1ccc(I)cc1F. The summed E-state index contributed by atoms with van der Waals surface area (Å²) in [5, 5.41) is 11.3. The van der Waals surface area contributed by atoms with Crippen LogP contribution in [0, 0.1) is 9.39 Å². The molecule has 0 aliphatic rings. The Bertz CT molecular complexity index is 1060. The van der Waals surface area contributed by atoms with Crippen molar-refractivity contribution < 1.29 is 32.3 Å². The van der Waals surface area contributed by atoms with Gasteiger partial charge in [0.2, 0.25) is 5.82 Å². The molecule has 3 N–H and O–H groups in total. The van der Waals surface area contributed by atoms with Crippen molar-refractivity contribution in [2.45, 2.75) is 6.18 Å². The molecule has 0 radical (unpaired) electrons. The van der Waals surface area contributed by atoms with E-state index in [4.69, 9.17) is 5.11 Å². The summed E-state index contributed by atoms with van der Waals surface area (Å²) in [7, 11) is 0. The lowest BCUT2D eigenvalue weighted by molar-refractivity contribution is -0.145. The van der Waals surface area contributed by atoms with Crippen LogP contribution in [0.1, 0.15) is 16.3 Å². The second-order valence-electron chi connectivity index (χ2n) is 5.56. The number of hydrogen-bond donors (Lipinski definition) is 3. The van der Waals surface area contributed by atoms with Crippen LogP contribution in [0.25, 0.3) is 5.52 Å². The topological polar surface area (TPSA) is 101 Å². The maximum absolute atomic E-state index is 14.3. The minimum absolute atomic E-state index is 0.0830. The Labute approximate surface area is 174 Å². The zero-order valence-electron chi connectivity index (χ0n) is 14.3. The van der Waals surface area contributed by atoms with Gasteiger partial charge in [-0.2, -0.15) is 13.2 Å². The molecule has 0 spiro atoms. The number of aromatic nitrogens is 3.